The molecule has 0 aromatic heterocycles. The van der Waals surface area contributed by atoms with Crippen molar-refractivity contribution in [2.75, 3.05) is 6.61 Å². The van der Waals surface area contributed by atoms with Crippen molar-refractivity contribution in [3.8, 4) is 0 Å². The minimum Gasteiger partial charge on any atom is -0.495 e. The molecule has 2 unspecified atom stereocenters. The predicted molar refractivity (Wildman–Crippen MR) is 58.2 cm³/mol. The Morgan fingerprint density at radius 2 is 1.22 bits per heavy atom. The first kappa shape index (κ1) is 25.3. The molecule has 0 heterocycles. The number of halogens is 13. The van der Waals surface area contributed by atoms with Crippen molar-refractivity contribution < 1.29 is 71.3 Å². The van der Waals surface area contributed by atoms with E-state index in [1.54, 1.807) is 6.58 Å². The zero-order chi connectivity index (χ0) is 22.1. The minimum atomic E-state index is -7.28. The lowest BCUT2D eigenvalue weighted by Crippen LogP contribution is -2.65. The van der Waals surface area contributed by atoms with Gasteiger partial charge < -0.3 is 4.74 Å². The average molecular weight is 434 g/mol. The summed E-state index contributed by atoms with van der Waals surface area (Å²) in [5.74, 6) is -16.3. The Kier molecular flexibility index (Phi) is 6.90. The van der Waals surface area contributed by atoms with Crippen LogP contribution in [0.15, 0.2) is 25.2 Å². The molecule has 0 aromatic carbocycles. The number of alkyl halides is 12. The quantitative estimate of drug-likeness (QED) is 0.364. The molecule has 27 heavy (non-hydrogen) atoms. The summed E-state index contributed by atoms with van der Waals surface area (Å²) in [7, 11) is 0. The van der Waals surface area contributed by atoms with Crippen LogP contribution in [0.1, 0.15) is 0 Å². The monoisotopic (exact) mass is 434 g/mol. The highest BCUT2D eigenvalue weighted by Gasteiger charge is 2.80. The topological polar surface area (TPSA) is 27.7 Å². The molecule has 0 N–H and O–H groups in total. The van der Waals surface area contributed by atoms with Crippen molar-refractivity contribution in [2.24, 2.45) is 0 Å². The maximum absolute atomic E-state index is 13.7. The summed E-state index contributed by atoms with van der Waals surface area (Å²) in [4.78, 5) is 0. The second-order valence-electron chi connectivity index (χ2n) is 4.44. The largest absolute Gasteiger partial charge is 0.495 e. The lowest BCUT2D eigenvalue weighted by molar-refractivity contribution is -0.528. The smallest absolute Gasteiger partial charge is 0.458 e. The van der Waals surface area contributed by atoms with Crippen LogP contribution in [0, 0.1) is 0 Å². The van der Waals surface area contributed by atoms with Gasteiger partial charge >= 0.3 is 36.3 Å². The highest BCUT2D eigenvalue weighted by Crippen LogP contribution is 2.53. The highest BCUT2D eigenvalue weighted by molar-refractivity contribution is 4.97. The first-order valence-corrected chi connectivity index (χ1v) is 5.91. The summed E-state index contributed by atoms with van der Waals surface area (Å²) in [6.07, 6.45) is -27.1. The normalized spacial score (nSPS) is 18.4. The van der Waals surface area contributed by atoms with Crippen LogP contribution < -0.4 is 0 Å². The van der Waals surface area contributed by atoms with Crippen LogP contribution in [0.3, 0.4) is 0 Å². The van der Waals surface area contributed by atoms with Gasteiger partial charge in [-0.25, -0.2) is 4.39 Å². The van der Waals surface area contributed by atoms with Gasteiger partial charge in [0.2, 0.25) is 0 Å². The van der Waals surface area contributed by atoms with Gasteiger partial charge in [-0.2, -0.15) is 52.7 Å². The summed E-state index contributed by atoms with van der Waals surface area (Å²) >= 11 is 0. The van der Waals surface area contributed by atoms with Gasteiger partial charge in [0.1, 0.15) is 0 Å². The standard InChI is InChI=1S/C11H7F13O3/c1-3-25-4-6(13,9(17,18)19)26-11(23,24)8(16,10(20,21)22)27-7(14,15)5(2)12/h3H,1-2,4H2. The van der Waals surface area contributed by atoms with Crippen LogP contribution >= 0.6 is 0 Å². The third kappa shape index (κ3) is 5.18. The van der Waals surface area contributed by atoms with E-state index in [1.807, 2.05) is 4.74 Å². The summed E-state index contributed by atoms with van der Waals surface area (Å²) < 4.78 is 175. The minimum absolute atomic E-state index is 0.00572. The highest BCUT2D eigenvalue weighted by atomic mass is 19.4. The van der Waals surface area contributed by atoms with Gasteiger partial charge in [-0.3, -0.25) is 9.47 Å². The van der Waals surface area contributed by atoms with Crippen molar-refractivity contribution in [1.82, 2.24) is 0 Å². The molecule has 2 atom stereocenters. The van der Waals surface area contributed by atoms with Gasteiger partial charge in [0.15, 0.2) is 12.4 Å². The van der Waals surface area contributed by atoms with Crippen molar-refractivity contribution in [2.45, 2.75) is 36.3 Å². The molecule has 0 saturated heterocycles. The Morgan fingerprint density at radius 3 is 1.52 bits per heavy atom. The van der Waals surface area contributed by atoms with Crippen LogP contribution in [0.25, 0.3) is 0 Å². The molecule has 0 amide bonds. The fourth-order valence-electron chi connectivity index (χ4n) is 1.12. The number of hydrogen-bond acceptors (Lipinski definition) is 3. The Labute approximate surface area is 141 Å². The SMILES string of the molecule is C=COCC(F)(OC(F)(F)C(F)(OC(F)(F)C(=C)F)C(F)(F)F)C(F)(F)F. The van der Waals surface area contributed by atoms with E-state index in [9.17, 15) is 57.1 Å². The molecule has 3 nitrogen and oxygen atoms in total. The van der Waals surface area contributed by atoms with Gasteiger partial charge in [-0.05, 0) is 0 Å². The first-order valence-electron chi connectivity index (χ1n) is 5.91. The van der Waals surface area contributed by atoms with E-state index in [1.165, 1.54) is 0 Å². The van der Waals surface area contributed by atoms with E-state index in [0.29, 0.717) is 0 Å². The van der Waals surface area contributed by atoms with E-state index < -0.39 is 48.7 Å². The van der Waals surface area contributed by atoms with Gasteiger partial charge in [0, 0.05) is 0 Å². The average Bonchev–Trinajstić information content (AvgIpc) is 2.41. The first-order chi connectivity index (χ1) is 11.7. The third-order valence-corrected chi connectivity index (χ3v) is 2.42. The van der Waals surface area contributed by atoms with Crippen molar-refractivity contribution in [3.05, 3.63) is 25.2 Å². The fourth-order valence-corrected chi connectivity index (χ4v) is 1.12. The van der Waals surface area contributed by atoms with Gasteiger partial charge in [-0.15, -0.1) is 0 Å². The van der Waals surface area contributed by atoms with E-state index in [4.69, 9.17) is 0 Å². The van der Waals surface area contributed by atoms with E-state index in [0.717, 1.165) is 0 Å². The third-order valence-electron chi connectivity index (χ3n) is 2.42. The Bertz CT molecular complexity index is 555. The molecule has 0 fully saturated rings. The molecule has 0 aliphatic heterocycles. The number of rotatable bonds is 9. The molecule has 0 aliphatic rings. The van der Waals surface area contributed by atoms with Crippen LogP contribution in [-0.2, 0) is 14.2 Å². The molecular formula is C11H7F13O3. The summed E-state index contributed by atoms with van der Waals surface area (Å²) in [6.45, 7) is 1.61. The van der Waals surface area contributed by atoms with Crippen molar-refractivity contribution in [3.63, 3.8) is 0 Å². The molecular weight excluding hydrogens is 427 g/mol. The summed E-state index contributed by atoms with van der Waals surface area (Å²) in [6, 6.07) is 0. The van der Waals surface area contributed by atoms with Crippen molar-refractivity contribution in [1.29, 1.82) is 0 Å². The molecule has 0 saturated carbocycles. The lowest BCUT2D eigenvalue weighted by Gasteiger charge is -2.38. The Balaban J connectivity index is 6.24. The summed E-state index contributed by atoms with van der Waals surface area (Å²) in [5.41, 5.74) is 0. The maximum atomic E-state index is 13.7. The van der Waals surface area contributed by atoms with E-state index >= 15 is 0 Å². The summed E-state index contributed by atoms with van der Waals surface area (Å²) in [5, 5.41) is 0. The zero-order valence-electron chi connectivity index (χ0n) is 12.3. The van der Waals surface area contributed by atoms with E-state index in [-0.39, 0.29) is 6.26 Å². The van der Waals surface area contributed by atoms with Crippen molar-refractivity contribution >= 4 is 0 Å². The van der Waals surface area contributed by atoms with Gasteiger partial charge in [-0.1, -0.05) is 13.2 Å². The number of ether oxygens (including phenoxy) is 3. The Hall–Kier alpha value is -1.71. The Morgan fingerprint density at radius 1 is 0.778 bits per heavy atom. The second kappa shape index (κ2) is 7.37. The molecule has 0 bridgehead atoms. The molecule has 0 rings (SSSR count). The predicted octanol–water partition coefficient (Wildman–Crippen LogP) is 5.30. The molecule has 0 radical (unpaired) electrons. The van der Waals surface area contributed by atoms with Crippen LogP contribution in [0.4, 0.5) is 57.1 Å². The molecule has 160 valence electrons. The van der Waals surface area contributed by atoms with Crippen LogP contribution in [-0.4, -0.2) is 42.9 Å². The lowest BCUT2D eigenvalue weighted by atomic mass is 10.2. The molecule has 0 aliphatic carbocycles. The van der Waals surface area contributed by atoms with Crippen LogP contribution in [0.5, 0.6) is 0 Å². The molecule has 0 spiro atoms. The fraction of sp³-hybridized carbons (Fsp3) is 0.636. The van der Waals surface area contributed by atoms with Gasteiger partial charge in [0.05, 0.1) is 6.26 Å². The van der Waals surface area contributed by atoms with Crippen LogP contribution in [0.2, 0.25) is 0 Å². The molecule has 16 heteroatoms. The maximum Gasteiger partial charge on any atom is 0.458 e. The van der Waals surface area contributed by atoms with E-state index in [2.05, 4.69) is 16.1 Å². The van der Waals surface area contributed by atoms with Gasteiger partial charge in [0.25, 0.3) is 0 Å². The number of hydrogen-bond donors (Lipinski definition) is 0. The molecule has 0 aromatic rings. The zero-order valence-corrected chi connectivity index (χ0v) is 12.3. The second-order valence-corrected chi connectivity index (χ2v) is 4.44.